The number of carbonyl (C=O) groups is 2. The van der Waals surface area contributed by atoms with Gasteiger partial charge in [-0.25, -0.2) is 0 Å². The Morgan fingerprint density at radius 2 is 1.38 bits per heavy atom. The summed E-state index contributed by atoms with van der Waals surface area (Å²) in [6, 6.07) is 0. The smallest absolute Gasteiger partial charge is 0.306 e. The van der Waals surface area contributed by atoms with Gasteiger partial charge in [-0.1, -0.05) is 34.6 Å². The van der Waals surface area contributed by atoms with Crippen molar-refractivity contribution in [3.8, 4) is 0 Å². The molecular weight excluding hydrogens is 402 g/mol. The maximum absolute atomic E-state index is 12.5. The summed E-state index contributed by atoms with van der Waals surface area (Å²) in [5, 5.41) is 0. The number of nitrogens with zero attached hydrogens (tertiary/aromatic N) is 1. The molecule has 0 amide bonds. The molecule has 0 aromatic carbocycles. The lowest BCUT2D eigenvalue weighted by molar-refractivity contribution is -0.163. The van der Waals surface area contributed by atoms with Crippen molar-refractivity contribution < 1.29 is 19.1 Å². The second-order valence-electron chi connectivity index (χ2n) is 11.5. The molecule has 0 aromatic heterocycles. The summed E-state index contributed by atoms with van der Waals surface area (Å²) >= 11 is 0. The largest absolute Gasteiger partial charge is 0.464 e. The Balaban J connectivity index is 2.62. The molecule has 0 atom stereocenters. The molecule has 1 rings (SSSR count). The van der Waals surface area contributed by atoms with E-state index in [-0.39, 0.29) is 52.8 Å². The number of hydrogen-bond donors (Lipinski definition) is 0. The van der Waals surface area contributed by atoms with Gasteiger partial charge in [-0.2, -0.15) is 0 Å². The molecule has 0 aromatic rings. The third kappa shape index (κ3) is 7.55. The maximum atomic E-state index is 12.5. The molecule has 0 aliphatic carbocycles. The molecule has 0 bridgehead atoms. The van der Waals surface area contributed by atoms with Gasteiger partial charge in [0.2, 0.25) is 0 Å². The Kier molecular flexibility index (Phi) is 10.4. The van der Waals surface area contributed by atoms with Crippen LogP contribution in [0.5, 0.6) is 0 Å². The number of hydrogen-bond acceptors (Lipinski definition) is 5. The third-order valence-electron chi connectivity index (χ3n) is 8.23. The topological polar surface area (TPSA) is 55.8 Å². The highest BCUT2D eigenvalue weighted by Gasteiger charge is 2.46. The SMILES string of the molecule is CCC(C)(CC)OC1CC(C)(C)N(CCOC(=O)CCC(=O)C(C)(CC)CC)C(C)(C)C1. The van der Waals surface area contributed by atoms with Crippen LogP contribution >= 0.6 is 0 Å². The van der Waals surface area contributed by atoms with E-state index in [0.29, 0.717) is 13.2 Å². The van der Waals surface area contributed by atoms with Gasteiger partial charge < -0.3 is 9.47 Å². The zero-order chi connectivity index (χ0) is 24.8. The average molecular weight is 454 g/mol. The molecule has 1 aliphatic heterocycles. The summed E-state index contributed by atoms with van der Waals surface area (Å²) in [4.78, 5) is 27.2. The zero-order valence-electron chi connectivity index (χ0n) is 22.7. The quantitative estimate of drug-likeness (QED) is 0.305. The minimum Gasteiger partial charge on any atom is -0.464 e. The van der Waals surface area contributed by atoms with Crippen molar-refractivity contribution in [2.75, 3.05) is 13.2 Å². The highest BCUT2D eigenvalue weighted by Crippen LogP contribution is 2.41. The Labute approximate surface area is 198 Å². The summed E-state index contributed by atoms with van der Waals surface area (Å²) in [5.41, 5.74) is -0.507. The lowest BCUT2D eigenvalue weighted by atomic mass is 9.77. The fourth-order valence-corrected chi connectivity index (χ4v) is 5.22. The number of carbonyl (C=O) groups excluding carboxylic acids is 2. The third-order valence-corrected chi connectivity index (χ3v) is 8.23. The van der Waals surface area contributed by atoms with E-state index in [1.54, 1.807) is 0 Å². The molecule has 1 saturated heterocycles. The Morgan fingerprint density at radius 3 is 1.81 bits per heavy atom. The highest BCUT2D eigenvalue weighted by atomic mass is 16.5. The first kappa shape index (κ1) is 29.1. The fourth-order valence-electron chi connectivity index (χ4n) is 5.22. The monoisotopic (exact) mass is 453 g/mol. The lowest BCUT2D eigenvalue weighted by Gasteiger charge is -2.56. The first-order valence-electron chi connectivity index (χ1n) is 12.8. The van der Waals surface area contributed by atoms with E-state index in [0.717, 1.165) is 38.5 Å². The molecule has 1 heterocycles. The molecule has 5 nitrogen and oxygen atoms in total. The fraction of sp³-hybridized carbons (Fsp3) is 0.926. The molecule has 32 heavy (non-hydrogen) atoms. The van der Waals surface area contributed by atoms with E-state index in [2.05, 4.69) is 53.4 Å². The van der Waals surface area contributed by atoms with E-state index in [1.807, 2.05) is 20.8 Å². The van der Waals surface area contributed by atoms with Crippen LogP contribution in [0.1, 0.15) is 121 Å². The van der Waals surface area contributed by atoms with Gasteiger partial charge in [0.15, 0.2) is 0 Å². The molecule has 1 aliphatic rings. The van der Waals surface area contributed by atoms with Gasteiger partial charge in [0, 0.05) is 29.5 Å². The van der Waals surface area contributed by atoms with Gasteiger partial charge in [-0.3, -0.25) is 14.5 Å². The molecule has 0 saturated carbocycles. The van der Waals surface area contributed by atoms with Crippen LogP contribution in [0.15, 0.2) is 0 Å². The molecular formula is C27H51NO4. The minimum absolute atomic E-state index is 0.0543. The summed E-state index contributed by atoms with van der Waals surface area (Å²) in [6.45, 7) is 22.7. The van der Waals surface area contributed by atoms with Gasteiger partial charge in [0.25, 0.3) is 0 Å². The van der Waals surface area contributed by atoms with Crippen LogP contribution in [0, 0.1) is 5.41 Å². The second-order valence-corrected chi connectivity index (χ2v) is 11.5. The van der Waals surface area contributed by atoms with Crippen LogP contribution < -0.4 is 0 Å². The van der Waals surface area contributed by atoms with E-state index in [1.165, 1.54) is 0 Å². The van der Waals surface area contributed by atoms with Crippen LogP contribution in [0.3, 0.4) is 0 Å². The molecule has 0 N–H and O–H groups in total. The minimum atomic E-state index is -0.327. The predicted molar refractivity (Wildman–Crippen MR) is 132 cm³/mol. The maximum Gasteiger partial charge on any atom is 0.306 e. The first-order valence-corrected chi connectivity index (χ1v) is 12.8. The number of likely N-dealkylation sites (tertiary alicyclic amines) is 1. The average Bonchev–Trinajstić information content (AvgIpc) is 2.72. The Morgan fingerprint density at radius 1 is 0.875 bits per heavy atom. The van der Waals surface area contributed by atoms with Crippen molar-refractivity contribution in [1.82, 2.24) is 4.90 Å². The van der Waals surface area contributed by atoms with Crippen molar-refractivity contribution in [3.05, 3.63) is 0 Å². The van der Waals surface area contributed by atoms with Crippen LogP contribution in [0.25, 0.3) is 0 Å². The van der Waals surface area contributed by atoms with Crippen LogP contribution in [0.2, 0.25) is 0 Å². The molecule has 0 radical (unpaired) electrons. The lowest BCUT2D eigenvalue weighted by Crippen LogP contribution is -2.63. The van der Waals surface area contributed by atoms with Crippen LogP contribution in [-0.2, 0) is 19.1 Å². The van der Waals surface area contributed by atoms with E-state index < -0.39 is 0 Å². The number of esters is 1. The van der Waals surface area contributed by atoms with E-state index in [9.17, 15) is 9.59 Å². The number of rotatable bonds is 13. The van der Waals surface area contributed by atoms with Gasteiger partial charge in [-0.05, 0) is 73.1 Å². The predicted octanol–water partition coefficient (Wildman–Crippen LogP) is 6.32. The number of ether oxygens (including phenoxy) is 2. The summed E-state index contributed by atoms with van der Waals surface area (Å²) in [6.07, 6.45) is 6.21. The van der Waals surface area contributed by atoms with Gasteiger partial charge in [-0.15, -0.1) is 0 Å². The summed E-state index contributed by atoms with van der Waals surface area (Å²) in [7, 11) is 0. The van der Waals surface area contributed by atoms with E-state index in [4.69, 9.17) is 9.47 Å². The number of piperidine rings is 1. The Hall–Kier alpha value is -0.940. The molecule has 0 unspecified atom stereocenters. The number of Topliss-reactive ketones (excluding diaryl/α,β-unsaturated/α-hetero) is 1. The van der Waals surface area contributed by atoms with E-state index >= 15 is 0 Å². The van der Waals surface area contributed by atoms with Crippen molar-refractivity contribution in [2.24, 2.45) is 5.41 Å². The Bertz CT molecular complexity index is 599. The highest BCUT2D eigenvalue weighted by molar-refractivity contribution is 5.87. The van der Waals surface area contributed by atoms with Crippen LogP contribution in [0.4, 0.5) is 0 Å². The van der Waals surface area contributed by atoms with Crippen molar-refractivity contribution in [3.63, 3.8) is 0 Å². The summed E-state index contributed by atoms with van der Waals surface area (Å²) < 4.78 is 12.1. The number of ketones is 1. The van der Waals surface area contributed by atoms with Crippen molar-refractivity contribution in [2.45, 2.75) is 143 Å². The van der Waals surface area contributed by atoms with Crippen molar-refractivity contribution in [1.29, 1.82) is 0 Å². The zero-order valence-corrected chi connectivity index (χ0v) is 22.7. The molecule has 5 heteroatoms. The normalized spacial score (nSPS) is 19.7. The standard InChI is InChI=1S/C27H51NO4/c1-11-26(9,12-2)22(29)15-16-23(30)31-18-17-28-24(5,6)19-21(20-25(28,7)8)32-27(10,13-3)14-4/h21H,11-20H2,1-10H3. The first-order chi connectivity index (χ1) is 14.7. The van der Waals surface area contributed by atoms with Crippen molar-refractivity contribution >= 4 is 11.8 Å². The van der Waals surface area contributed by atoms with Crippen LogP contribution in [-0.4, -0.2) is 52.6 Å². The summed E-state index contributed by atoms with van der Waals surface area (Å²) in [5.74, 6) is -0.113. The molecule has 0 spiro atoms. The van der Waals surface area contributed by atoms with Gasteiger partial charge >= 0.3 is 5.97 Å². The second kappa shape index (κ2) is 11.5. The molecule has 1 fully saturated rings. The van der Waals surface area contributed by atoms with Gasteiger partial charge in [0.1, 0.15) is 12.4 Å². The molecule has 188 valence electrons. The van der Waals surface area contributed by atoms with Gasteiger partial charge in [0.05, 0.1) is 18.1 Å².